The van der Waals surface area contributed by atoms with Crippen LogP contribution in [-0.2, 0) is 9.53 Å². The maximum Gasteiger partial charge on any atom is 0.318 e. The van der Waals surface area contributed by atoms with E-state index in [0.29, 0.717) is 24.7 Å². The molecule has 1 aromatic rings. The summed E-state index contributed by atoms with van der Waals surface area (Å²) in [6.45, 7) is 2.85. The van der Waals surface area contributed by atoms with Crippen molar-refractivity contribution < 1.29 is 18.8 Å². The Balaban J connectivity index is 1.57. The lowest BCUT2D eigenvalue weighted by molar-refractivity contribution is -0.117. The number of carbonyl (C=O) groups excluding carboxylic acids is 2. The third kappa shape index (κ3) is 5.45. The number of urea groups is 1. The van der Waals surface area contributed by atoms with Crippen molar-refractivity contribution in [3.8, 4) is 0 Å². The minimum absolute atomic E-state index is 0.00537. The first-order chi connectivity index (χ1) is 12.6. The molecule has 0 aromatic carbocycles. The summed E-state index contributed by atoms with van der Waals surface area (Å²) < 4.78 is 10.6. The van der Waals surface area contributed by atoms with Gasteiger partial charge in [0.15, 0.2) is 5.82 Å². The lowest BCUT2D eigenvalue weighted by atomic mass is 9.96. The van der Waals surface area contributed by atoms with Crippen molar-refractivity contribution in [2.75, 3.05) is 25.0 Å². The van der Waals surface area contributed by atoms with E-state index in [9.17, 15) is 9.59 Å². The van der Waals surface area contributed by atoms with E-state index >= 15 is 0 Å². The molecule has 3 amide bonds. The first-order valence-corrected chi connectivity index (χ1v) is 9.50. The molecule has 1 unspecified atom stereocenters. The fraction of sp³-hybridized carbons (Fsp3) is 0.722. The molecular formula is C18H28N4O4. The SMILES string of the molecule is Cc1cc(NC(=O)CN(CC2CCCO2)C(=O)NC2CCCCC2)no1. The van der Waals surface area contributed by atoms with Gasteiger partial charge in [-0.15, -0.1) is 0 Å². The molecule has 8 heteroatoms. The predicted molar refractivity (Wildman–Crippen MR) is 95.8 cm³/mol. The first-order valence-electron chi connectivity index (χ1n) is 9.50. The zero-order valence-corrected chi connectivity index (χ0v) is 15.3. The topological polar surface area (TPSA) is 96.7 Å². The van der Waals surface area contributed by atoms with Crippen LogP contribution in [0.1, 0.15) is 50.7 Å². The molecule has 0 spiro atoms. The zero-order valence-electron chi connectivity index (χ0n) is 15.3. The van der Waals surface area contributed by atoms with Crippen molar-refractivity contribution in [3.63, 3.8) is 0 Å². The number of hydrogen-bond acceptors (Lipinski definition) is 5. The van der Waals surface area contributed by atoms with Gasteiger partial charge in [-0.1, -0.05) is 24.4 Å². The van der Waals surface area contributed by atoms with Gasteiger partial charge < -0.3 is 24.8 Å². The van der Waals surface area contributed by atoms with Crippen molar-refractivity contribution in [1.29, 1.82) is 0 Å². The summed E-state index contributed by atoms with van der Waals surface area (Å²) in [5, 5.41) is 9.51. The van der Waals surface area contributed by atoms with Crippen LogP contribution in [0.15, 0.2) is 10.6 Å². The smallest absolute Gasteiger partial charge is 0.318 e. The summed E-state index contributed by atoms with van der Waals surface area (Å²) in [7, 11) is 0. The van der Waals surface area contributed by atoms with E-state index in [1.807, 2.05) is 0 Å². The van der Waals surface area contributed by atoms with Gasteiger partial charge in [-0.3, -0.25) is 4.79 Å². The molecule has 8 nitrogen and oxygen atoms in total. The zero-order chi connectivity index (χ0) is 18.4. The predicted octanol–water partition coefficient (Wildman–Crippen LogP) is 2.44. The molecule has 2 heterocycles. The molecule has 0 radical (unpaired) electrons. The van der Waals surface area contributed by atoms with E-state index in [1.165, 1.54) is 6.42 Å². The summed E-state index contributed by atoms with van der Waals surface area (Å²) in [4.78, 5) is 26.6. The van der Waals surface area contributed by atoms with Gasteiger partial charge in [0.2, 0.25) is 5.91 Å². The van der Waals surface area contributed by atoms with Crippen LogP contribution in [0, 0.1) is 6.92 Å². The van der Waals surface area contributed by atoms with E-state index in [2.05, 4.69) is 15.8 Å². The number of hydrogen-bond donors (Lipinski definition) is 2. The summed E-state index contributed by atoms with van der Waals surface area (Å²) >= 11 is 0. The van der Waals surface area contributed by atoms with Gasteiger partial charge in [-0.25, -0.2) is 4.79 Å². The second-order valence-corrected chi connectivity index (χ2v) is 7.17. The van der Waals surface area contributed by atoms with Crippen LogP contribution in [0.3, 0.4) is 0 Å². The van der Waals surface area contributed by atoms with E-state index in [4.69, 9.17) is 9.26 Å². The van der Waals surface area contributed by atoms with Crippen molar-refractivity contribution in [2.24, 2.45) is 0 Å². The average Bonchev–Trinajstić information content (AvgIpc) is 3.27. The van der Waals surface area contributed by atoms with E-state index in [-0.39, 0.29) is 30.6 Å². The number of nitrogens with one attached hydrogen (secondary N) is 2. The molecule has 1 aliphatic carbocycles. The molecule has 2 N–H and O–H groups in total. The number of amides is 3. The van der Waals surface area contributed by atoms with Crippen LogP contribution in [-0.4, -0.2) is 53.8 Å². The third-order valence-electron chi connectivity index (χ3n) is 4.90. The maximum absolute atomic E-state index is 12.7. The third-order valence-corrected chi connectivity index (χ3v) is 4.90. The van der Waals surface area contributed by atoms with Crippen LogP contribution < -0.4 is 10.6 Å². The Bertz CT molecular complexity index is 606. The standard InChI is InChI=1S/C18H28N4O4/c1-13-10-16(21-26-13)20-17(23)12-22(11-15-8-5-9-25-15)18(24)19-14-6-3-2-4-7-14/h10,14-15H,2-9,11-12H2,1H3,(H,19,24)(H,20,21,23). The number of anilines is 1. The molecule has 2 aliphatic rings. The summed E-state index contributed by atoms with van der Waals surface area (Å²) in [6, 6.07) is 1.65. The highest BCUT2D eigenvalue weighted by Gasteiger charge is 2.26. The highest BCUT2D eigenvalue weighted by Crippen LogP contribution is 2.18. The highest BCUT2D eigenvalue weighted by atomic mass is 16.5. The van der Waals surface area contributed by atoms with E-state index in [0.717, 1.165) is 38.5 Å². The molecule has 26 heavy (non-hydrogen) atoms. The molecule has 1 aromatic heterocycles. The van der Waals surface area contributed by atoms with Crippen molar-refractivity contribution in [1.82, 2.24) is 15.4 Å². The lowest BCUT2D eigenvalue weighted by Crippen LogP contribution is -2.50. The molecule has 1 saturated heterocycles. The fourth-order valence-corrected chi connectivity index (χ4v) is 3.55. The lowest BCUT2D eigenvalue weighted by Gasteiger charge is -2.29. The van der Waals surface area contributed by atoms with Gasteiger partial charge in [0.1, 0.15) is 12.3 Å². The minimum atomic E-state index is -0.296. The molecule has 1 aliphatic heterocycles. The number of aryl methyl sites for hydroxylation is 1. The summed E-state index contributed by atoms with van der Waals surface area (Å²) in [5.74, 6) is 0.680. The normalized spacial score (nSPS) is 20.7. The Morgan fingerprint density at radius 2 is 2.04 bits per heavy atom. The Kier molecular flexibility index (Phi) is 6.49. The minimum Gasteiger partial charge on any atom is -0.376 e. The quantitative estimate of drug-likeness (QED) is 0.808. The molecular weight excluding hydrogens is 336 g/mol. The highest BCUT2D eigenvalue weighted by molar-refractivity contribution is 5.93. The molecule has 2 fully saturated rings. The Morgan fingerprint density at radius 3 is 2.69 bits per heavy atom. The molecule has 3 rings (SSSR count). The van der Waals surface area contributed by atoms with Crippen LogP contribution in [0.5, 0.6) is 0 Å². The molecule has 1 saturated carbocycles. The van der Waals surface area contributed by atoms with Gasteiger partial charge >= 0.3 is 6.03 Å². The molecule has 0 bridgehead atoms. The van der Waals surface area contributed by atoms with Crippen LogP contribution in [0.2, 0.25) is 0 Å². The van der Waals surface area contributed by atoms with Gasteiger partial charge in [0.05, 0.1) is 6.10 Å². The number of ether oxygens (including phenoxy) is 1. The summed E-state index contributed by atoms with van der Waals surface area (Å²) in [5.41, 5.74) is 0. The van der Waals surface area contributed by atoms with Crippen LogP contribution in [0.4, 0.5) is 10.6 Å². The Labute approximate surface area is 153 Å². The largest absolute Gasteiger partial charge is 0.376 e. The number of carbonyl (C=O) groups is 2. The Morgan fingerprint density at radius 1 is 1.23 bits per heavy atom. The van der Waals surface area contributed by atoms with Crippen molar-refractivity contribution in [3.05, 3.63) is 11.8 Å². The van der Waals surface area contributed by atoms with E-state index < -0.39 is 0 Å². The first kappa shape index (κ1) is 18.7. The van der Waals surface area contributed by atoms with Crippen LogP contribution in [0.25, 0.3) is 0 Å². The van der Waals surface area contributed by atoms with Crippen LogP contribution >= 0.6 is 0 Å². The maximum atomic E-state index is 12.7. The van der Waals surface area contributed by atoms with Crippen molar-refractivity contribution >= 4 is 17.8 Å². The molecule has 1 atom stereocenters. The van der Waals surface area contributed by atoms with Gasteiger partial charge in [-0.05, 0) is 32.6 Å². The average molecular weight is 364 g/mol. The van der Waals surface area contributed by atoms with E-state index in [1.54, 1.807) is 17.9 Å². The van der Waals surface area contributed by atoms with Crippen molar-refractivity contribution in [2.45, 2.75) is 64.0 Å². The van der Waals surface area contributed by atoms with Gasteiger partial charge in [0, 0.05) is 25.3 Å². The van der Waals surface area contributed by atoms with Gasteiger partial charge in [-0.2, -0.15) is 0 Å². The fourth-order valence-electron chi connectivity index (χ4n) is 3.55. The molecule has 144 valence electrons. The second-order valence-electron chi connectivity index (χ2n) is 7.17. The number of nitrogens with zero attached hydrogens (tertiary/aromatic N) is 2. The number of rotatable bonds is 6. The number of aromatic nitrogens is 1. The summed E-state index contributed by atoms with van der Waals surface area (Å²) in [6.07, 6.45) is 7.42. The Hall–Kier alpha value is -2.09. The monoisotopic (exact) mass is 364 g/mol. The second kappa shape index (κ2) is 9.02. The van der Waals surface area contributed by atoms with Gasteiger partial charge in [0.25, 0.3) is 0 Å².